The molecule has 10 radical (unpaired) electrons. The van der Waals surface area contributed by atoms with Crippen molar-refractivity contribution in [2.45, 2.75) is 37.8 Å². The first-order valence-electron chi connectivity index (χ1n) is 11.7. The molecule has 1 heterocycles. The van der Waals surface area contributed by atoms with Crippen LogP contribution in [0.4, 0.5) is 0 Å². The van der Waals surface area contributed by atoms with E-state index in [1.807, 2.05) is 92.8 Å². The van der Waals surface area contributed by atoms with Gasteiger partial charge in [0.1, 0.15) is 5.60 Å². The Morgan fingerprint density at radius 2 is 1.18 bits per heavy atom. The molecule has 2 nitrogen and oxygen atoms in total. The van der Waals surface area contributed by atoms with Gasteiger partial charge in [-0.3, -0.25) is 0 Å². The van der Waals surface area contributed by atoms with Crippen molar-refractivity contribution in [3.8, 4) is 0 Å². The maximum atomic E-state index is 12.1. The summed E-state index contributed by atoms with van der Waals surface area (Å²) in [5.74, 6) is 2.23. The van der Waals surface area contributed by atoms with E-state index in [9.17, 15) is 5.11 Å². The number of piperidine rings is 1. The molecule has 0 amide bonds. The summed E-state index contributed by atoms with van der Waals surface area (Å²) in [6.45, 7) is 4.56. The number of benzene rings is 2. The van der Waals surface area contributed by atoms with Crippen molar-refractivity contribution in [1.29, 1.82) is 0 Å². The Balaban J connectivity index is 0.000000453. The molecule has 0 bridgehead atoms. The number of hydrogen-bond donors (Lipinski definition) is 1. The summed E-state index contributed by atoms with van der Waals surface area (Å²) in [7, 11) is 0. The maximum Gasteiger partial charge on any atom is 0.122 e. The summed E-state index contributed by atoms with van der Waals surface area (Å²) >= 11 is 0. The molecule has 172 valence electrons. The summed E-state index contributed by atoms with van der Waals surface area (Å²) in [4.78, 5) is 2.55. The van der Waals surface area contributed by atoms with Crippen LogP contribution in [-0.2, 0) is 22.7 Å². The zero-order valence-corrected chi connectivity index (χ0v) is 20.4. The van der Waals surface area contributed by atoms with E-state index < -0.39 is 5.60 Å². The zero-order valence-electron chi connectivity index (χ0n) is 19.3. The monoisotopic (exact) mass is 479 g/mol. The van der Waals surface area contributed by atoms with Crippen LogP contribution in [0.5, 0.6) is 0 Å². The first-order chi connectivity index (χ1) is 15.7. The Labute approximate surface area is 212 Å². The molecule has 1 saturated heterocycles. The molecule has 0 aromatic heterocycles. The summed E-state index contributed by atoms with van der Waals surface area (Å²) < 4.78 is 0. The molecule has 1 atom stereocenters. The third-order valence-corrected chi connectivity index (χ3v) is 6.57. The third kappa shape index (κ3) is 6.31. The van der Waals surface area contributed by atoms with Crippen LogP contribution >= 0.6 is 0 Å². The standard InChI is InChI=1S/C25H28NO.C5H5.Fe/c1-20(26-18-9-4-10-19-26)23-16-11-17-24(23)25(27,21-12-5-2-6-13-21)22-14-7-3-8-15-22;1-2-4-5-3-1;/h2-3,5-8,11-17,20,27H,4,9-10,18-19H2,1H3;1-5H;/t20-;;/m1../s1. The van der Waals surface area contributed by atoms with E-state index in [4.69, 9.17) is 0 Å². The first-order valence-corrected chi connectivity index (χ1v) is 11.7. The van der Waals surface area contributed by atoms with Crippen molar-refractivity contribution in [3.63, 3.8) is 0 Å². The molecule has 2 aliphatic carbocycles. The van der Waals surface area contributed by atoms with Crippen LogP contribution in [0.15, 0.2) is 60.7 Å². The molecule has 3 heteroatoms. The molecule has 33 heavy (non-hydrogen) atoms. The average Bonchev–Trinajstić information content (AvgIpc) is 3.60. The minimum absolute atomic E-state index is 0. The SMILES string of the molecule is C[C@H]([C]1[CH][CH][CH][C]1C(O)(c1ccccc1)c1ccccc1)N1CCCCC1.[CH]1[CH][CH][CH][CH]1.[Fe]. The van der Waals surface area contributed by atoms with Crippen molar-refractivity contribution in [3.05, 3.63) is 135 Å². The van der Waals surface area contributed by atoms with Gasteiger partial charge in [-0.25, -0.2) is 0 Å². The number of nitrogens with zero attached hydrogens (tertiary/aromatic N) is 1. The van der Waals surface area contributed by atoms with Gasteiger partial charge in [0.05, 0.1) is 0 Å². The van der Waals surface area contributed by atoms with Crippen molar-refractivity contribution in [2.75, 3.05) is 13.1 Å². The Kier molecular flexibility index (Phi) is 10.5. The van der Waals surface area contributed by atoms with E-state index in [1.54, 1.807) is 0 Å². The van der Waals surface area contributed by atoms with Crippen LogP contribution in [-0.4, -0.2) is 29.1 Å². The number of likely N-dealkylation sites (tertiary alicyclic amines) is 1. The van der Waals surface area contributed by atoms with Crippen molar-refractivity contribution >= 4 is 0 Å². The second-order valence-corrected chi connectivity index (χ2v) is 8.57. The summed E-state index contributed by atoms with van der Waals surface area (Å²) in [6.07, 6.45) is 20.2. The second kappa shape index (κ2) is 13.1. The summed E-state index contributed by atoms with van der Waals surface area (Å²) in [6, 6.07) is 20.4. The Morgan fingerprint density at radius 3 is 1.67 bits per heavy atom. The van der Waals surface area contributed by atoms with Gasteiger partial charge >= 0.3 is 0 Å². The zero-order chi connectivity index (χ0) is 22.2. The van der Waals surface area contributed by atoms with Crippen molar-refractivity contribution < 1.29 is 22.2 Å². The molecule has 3 aliphatic rings. The van der Waals surface area contributed by atoms with Crippen LogP contribution in [0.2, 0.25) is 0 Å². The number of rotatable bonds is 5. The van der Waals surface area contributed by atoms with Gasteiger partial charge in [0.25, 0.3) is 0 Å². The molecule has 2 aromatic rings. The minimum Gasteiger partial charge on any atom is -0.380 e. The van der Waals surface area contributed by atoms with E-state index in [2.05, 4.69) is 31.1 Å². The number of hydrogen-bond acceptors (Lipinski definition) is 2. The molecule has 2 aromatic carbocycles. The predicted octanol–water partition coefficient (Wildman–Crippen LogP) is 5.59. The molecule has 0 unspecified atom stereocenters. The molecular formula is C30H33FeNO. The molecular weight excluding hydrogens is 446 g/mol. The van der Waals surface area contributed by atoms with Crippen LogP contribution in [0.3, 0.4) is 0 Å². The second-order valence-electron chi connectivity index (χ2n) is 8.57. The molecule has 1 aliphatic heterocycles. The van der Waals surface area contributed by atoms with Gasteiger partial charge in [-0.1, -0.05) is 67.1 Å². The van der Waals surface area contributed by atoms with Crippen molar-refractivity contribution in [2.24, 2.45) is 0 Å². The molecule has 0 spiro atoms. The average molecular weight is 479 g/mol. The Hall–Kier alpha value is -1.12. The molecule has 2 saturated carbocycles. The van der Waals surface area contributed by atoms with Crippen LogP contribution < -0.4 is 0 Å². The van der Waals surface area contributed by atoms with Gasteiger partial charge in [0, 0.05) is 34.9 Å². The smallest absolute Gasteiger partial charge is 0.122 e. The van der Waals surface area contributed by atoms with Gasteiger partial charge in [0.15, 0.2) is 0 Å². The van der Waals surface area contributed by atoms with Gasteiger partial charge in [-0.2, -0.15) is 0 Å². The fraction of sp³-hybridized carbons (Fsp3) is 0.267. The van der Waals surface area contributed by atoms with Crippen LogP contribution in [0.1, 0.15) is 37.3 Å². The molecule has 3 fully saturated rings. The fourth-order valence-corrected chi connectivity index (χ4v) is 4.79. The number of aliphatic hydroxyl groups is 1. The summed E-state index contributed by atoms with van der Waals surface area (Å²) in [5, 5.41) is 12.1. The van der Waals surface area contributed by atoms with Gasteiger partial charge in [0.2, 0.25) is 0 Å². The fourth-order valence-electron chi connectivity index (χ4n) is 4.79. The minimum atomic E-state index is -1.15. The molecule has 5 rings (SSSR count). The van der Waals surface area contributed by atoms with E-state index in [1.165, 1.54) is 25.2 Å². The van der Waals surface area contributed by atoms with E-state index >= 15 is 0 Å². The first kappa shape index (κ1) is 26.5. The third-order valence-electron chi connectivity index (χ3n) is 6.57. The Bertz CT molecular complexity index is 738. The normalized spacial score (nSPS) is 21.2. The van der Waals surface area contributed by atoms with E-state index in [0.29, 0.717) is 6.04 Å². The molecule has 1 N–H and O–H groups in total. The van der Waals surface area contributed by atoms with Gasteiger partial charge in [-0.15, -0.1) is 0 Å². The quantitative estimate of drug-likeness (QED) is 0.566. The largest absolute Gasteiger partial charge is 0.380 e. The van der Waals surface area contributed by atoms with Crippen LogP contribution in [0, 0.1) is 63.2 Å². The van der Waals surface area contributed by atoms with Gasteiger partial charge < -0.3 is 10.0 Å². The van der Waals surface area contributed by atoms with E-state index in [0.717, 1.165) is 30.1 Å². The van der Waals surface area contributed by atoms with E-state index in [-0.39, 0.29) is 17.1 Å². The van der Waals surface area contributed by atoms with Gasteiger partial charge in [-0.05, 0) is 95.3 Å². The van der Waals surface area contributed by atoms with Crippen LogP contribution in [0.25, 0.3) is 0 Å². The van der Waals surface area contributed by atoms with Crippen molar-refractivity contribution in [1.82, 2.24) is 4.90 Å². The summed E-state index contributed by atoms with van der Waals surface area (Å²) in [5.41, 5.74) is 0.676. The topological polar surface area (TPSA) is 23.5 Å². The predicted molar refractivity (Wildman–Crippen MR) is 132 cm³/mol. The maximum absolute atomic E-state index is 12.1. The Morgan fingerprint density at radius 1 is 0.697 bits per heavy atom.